The van der Waals surface area contributed by atoms with Crippen molar-refractivity contribution >= 4 is 28.6 Å². The first-order valence-corrected chi connectivity index (χ1v) is 10.5. The Labute approximate surface area is 177 Å². The van der Waals surface area contributed by atoms with Gasteiger partial charge in [-0.2, -0.15) is 10.1 Å². The third kappa shape index (κ3) is 3.71. The molecule has 1 amide bonds. The van der Waals surface area contributed by atoms with Gasteiger partial charge >= 0.3 is 5.97 Å². The predicted octanol–water partition coefficient (Wildman–Crippen LogP) is 1.74. The van der Waals surface area contributed by atoms with Crippen LogP contribution in [0.3, 0.4) is 0 Å². The van der Waals surface area contributed by atoms with Crippen molar-refractivity contribution in [2.24, 2.45) is 0 Å². The number of nitrogens with zero attached hydrogens (tertiary/aromatic N) is 6. The van der Waals surface area contributed by atoms with Gasteiger partial charge in [-0.3, -0.25) is 9.59 Å². The largest absolute Gasteiger partial charge is 0.466 e. The molecule has 2 fully saturated rings. The number of likely N-dealkylation sites (tertiary alicyclic amines) is 1. The summed E-state index contributed by atoms with van der Waals surface area (Å²) >= 11 is 0. The molecule has 3 aromatic rings. The van der Waals surface area contributed by atoms with Crippen molar-refractivity contribution in [2.45, 2.75) is 51.7 Å². The average Bonchev–Trinajstić information content (AvgIpc) is 3.49. The number of amides is 1. The summed E-state index contributed by atoms with van der Waals surface area (Å²) < 4.78 is 12.4. The van der Waals surface area contributed by atoms with Crippen molar-refractivity contribution < 1.29 is 18.8 Å². The van der Waals surface area contributed by atoms with E-state index in [1.54, 1.807) is 22.0 Å². The van der Waals surface area contributed by atoms with Gasteiger partial charge in [-0.05, 0) is 13.3 Å². The molecule has 11 nitrogen and oxygen atoms in total. The van der Waals surface area contributed by atoms with E-state index in [0.717, 1.165) is 23.1 Å². The minimum absolute atomic E-state index is 0.0832. The first-order valence-electron chi connectivity index (χ1n) is 10.5. The maximum Gasteiger partial charge on any atom is 0.307 e. The number of hydrogen-bond acceptors (Lipinski definition) is 9. The summed E-state index contributed by atoms with van der Waals surface area (Å²) in [4.78, 5) is 34.5. The molecule has 1 N–H and O–H groups in total. The van der Waals surface area contributed by atoms with Crippen molar-refractivity contribution in [3.63, 3.8) is 0 Å². The number of carbonyl (C=O) groups excluding carboxylic acids is 2. The lowest BCUT2D eigenvalue weighted by atomic mass is 10.1. The van der Waals surface area contributed by atoms with Gasteiger partial charge in [0.1, 0.15) is 0 Å². The molecule has 0 aliphatic carbocycles. The van der Waals surface area contributed by atoms with Gasteiger partial charge in [0.2, 0.25) is 5.91 Å². The zero-order chi connectivity index (χ0) is 21.4. The fraction of sp³-hybridized carbons (Fsp3) is 0.500. The normalized spacial score (nSPS) is 19.3. The fourth-order valence-corrected chi connectivity index (χ4v) is 4.05. The molecule has 0 aromatic carbocycles. The zero-order valence-corrected chi connectivity index (χ0v) is 17.2. The highest BCUT2D eigenvalue weighted by Crippen LogP contribution is 2.34. The Bertz CT molecular complexity index is 1140. The highest BCUT2D eigenvalue weighted by atomic mass is 16.5. The highest BCUT2D eigenvalue weighted by Gasteiger charge is 2.26. The fourth-order valence-electron chi connectivity index (χ4n) is 4.05. The number of anilines is 1. The Morgan fingerprint density at radius 2 is 2.19 bits per heavy atom. The molecule has 2 saturated heterocycles. The van der Waals surface area contributed by atoms with Gasteiger partial charge in [-0.15, -0.1) is 0 Å². The molecule has 31 heavy (non-hydrogen) atoms. The number of cyclic esters (lactones) is 1. The molecule has 1 unspecified atom stereocenters. The molecule has 0 radical (unpaired) electrons. The van der Waals surface area contributed by atoms with E-state index in [0.29, 0.717) is 56.4 Å². The van der Waals surface area contributed by atoms with Crippen LogP contribution >= 0.6 is 0 Å². The topological polar surface area (TPSA) is 128 Å². The van der Waals surface area contributed by atoms with Gasteiger partial charge < -0.3 is 19.5 Å². The molecule has 5 heterocycles. The van der Waals surface area contributed by atoms with E-state index in [2.05, 4.69) is 25.5 Å². The quantitative estimate of drug-likeness (QED) is 0.587. The smallest absolute Gasteiger partial charge is 0.307 e. The van der Waals surface area contributed by atoms with Crippen LogP contribution in [0, 0.1) is 0 Å². The lowest BCUT2D eigenvalue weighted by Crippen LogP contribution is -2.31. The van der Waals surface area contributed by atoms with Crippen LogP contribution in [0.2, 0.25) is 0 Å². The molecule has 2 aliphatic heterocycles. The molecule has 2 aliphatic rings. The summed E-state index contributed by atoms with van der Waals surface area (Å²) in [7, 11) is 0. The summed E-state index contributed by atoms with van der Waals surface area (Å²) in [6.07, 6.45) is 5.81. The van der Waals surface area contributed by atoms with Crippen LogP contribution in [0.15, 0.2) is 16.9 Å². The Morgan fingerprint density at radius 3 is 2.97 bits per heavy atom. The molecular weight excluding hydrogens is 402 g/mol. The van der Waals surface area contributed by atoms with Crippen LogP contribution < -0.4 is 5.32 Å². The standard InChI is InChI=1S/C20H23N7O4/c1-2-27-19-13(10-22-27)18(23-12-5-7-30-17(29)8-12)14(9-21-19)20-24-15(25-31-20)11-26-6-3-4-16(26)28/h9-10,12H,2-8,11H2,1H3,(H,21,23). The monoisotopic (exact) mass is 425 g/mol. The van der Waals surface area contributed by atoms with Crippen LogP contribution in [0.25, 0.3) is 22.5 Å². The Balaban J connectivity index is 1.50. The van der Waals surface area contributed by atoms with Gasteiger partial charge in [-0.25, -0.2) is 9.67 Å². The number of esters is 1. The summed E-state index contributed by atoms with van der Waals surface area (Å²) in [5.41, 5.74) is 2.11. The molecule has 0 saturated carbocycles. The number of carbonyl (C=O) groups is 2. The Kier molecular flexibility index (Phi) is 5.00. The average molecular weight is 425 g/mol. The van der Waals surface area contributed by atoms with E-state index in [9.17, 15) is 9.59 Å². The molecule has 0 spiro atoms. The van der Waals surface area contributed by atoms with E-state index in [1.807, 2.05) is 6.92 Å². The second-order valence-corrected chi connectivity index (χ2v) is 7.73. The number of rotatable bonds is 6. The molecule has 5 rings (SSSR count). The summed E-state index contributed by atoms with van der Waals surface area (Å²) in [5.74, 6) is 0.631. The summed E-state index contributed by atoms with van der Waals surface area (Å²) in [6, 6.07) is -0.0832. The third-order valence-corrected chi connectivity index (χ3v) is 5.66. The van der Waals surface area contributed by atoms with Gasteiger partial charge in [0.25, 0.3) is 5.89 Å². The number of hydrogen-bond donors (Lipinski definition) is 1. The van der Waals surface area contributed by atoms with Gasteiger partial charge in [0.05, 0.1) is 42.4 Å². The lowest BCUT2D eigenvalue weighted by molar-refractivity contribution is -0.147. The summed E-state index contributed by atoms with van der Waals surface area (Å²) in [6.45, 7) is 4.08. The Morgan fingerprint density at radius 1 is 1.29 bits per heavy atom. The first kappa shape index (κ1) is 19.5. The van der Waals surface area contributed by atoms with E-state index < -0.39 is 0 Å². The molecule has 3 aromatic heterocycles. The second kappa shape index (κ2) is 7.97. The van der Waals surface area contributed by atoms with Crippen LogP contribution in [0.1, 0.15) is 38.4 Å². The lowest BCUT2D eigenvalue weighted by Gasteiger charge is -2.24. The minimum Gasteiger partial charge on any atom is -0.466 e. The van der Waals surface area contributed by atoms with Gasteiger partial charge in [0.15, 0.2) is 11.5 Å². The maximum atomic E-state index is 11.9. The SMILES string of the molecule is CCn1ncc2c(NC3CCOC(=O)C3)c(-c3nc(CN4CCCC4=O)no3)cnc21. The Hall–Kier alpha value is -3.50. The van der Waals surface area contributed by atoms with Crippen molar-refractivity contribution in [2.75, 3.05) is 18.5 Å². The highest BCUT2D eigenvalue weighted by molar-refractivity contribution is 5.96. The van der Waals surface area contributed by atoms with E-state index in [1.165, 1.54) is 0 Å². The molecule has 1 atom stereocenters. The van der Waals surface area contributed by atoms with Crippen molar-refractivity contribution in [1.29, 1.82) is 0 Å². The first-order chi connectivity index (χ1) is 15.1. The summed E-state index contributed by atoms with van der Waals surface area (Å²) in [5, 5.41) is 12.7. The van der Waals surface area contributed by atoms with Crippen molar-refractivity contribution in [3.8, 4) is 11.5 Å². The number of aryl methyl sites for hydroxylation is 1. The number of fused-ring (bicyclic) bond motifs is 1. The molecule has 11 heteroatoms. The van der Waals surface area contributed by atoms with E-state index in [4.69, 9.17) is 9.26 Å². The molecule has 162 valence electrons. The minimum atomic E-state index is -0.227. The number of pyridine rings is 1. The maximum absolute atomic E-state index is 11.9. The van der Waals surface area contributed by atoms with Crippen molar-refractivity contribution in [1.82, 2.24) is 29.8 Å². The van der Waals surface area contributed by atoms with Crippen LogP contribution in [0.4, 0.5) is 5.69 Å². The van der Waals surface area contributed by atoms with Crippen LogP contribution in [0.5, 0.6) is 0 Å². The van der Waals surface area contributed by atoms with Crippen LogP contribution in [-0.4, -0.2) is 60.9 Å². The zero-order valence-electron chi connectivity index (χ0n) is 17.2. The molecule has 0 bridgehead atoms. The van der Waals surface area contributed by atoms with Crippen LogP contribution in [-0.2, 0) is 27.4 Å². The van der Waals surface area contributed by atoms with Gasteiger partial charge in [-0.1, -0.05) is 5.16 Å². The number of aromatic nitrogens is 5. The van der Waals surface area contributed by atoms with E-state index >= 15 is 0 Å². The second-order valence-electron chi connectivity index (χ2n) is 7.73. The molecular formula is C20H23N7O4. The van der Waals surface area contributed by atoms with Gasteiger partial charge in [0, 0.05) is 38.2 Å². The third-order valence-electron chi connectivity index (χ3n) is 5.66. The predicted molar refractivity (Wildman–Crippen MR) is 109 cm³/mol. The number of nitrogens with one attached hydrogen (secondary N) is 1. The van der Waals surface area contributed by atoms with Crippen molar-refractivity contribution in [3.05, 3.63) is 18.2 Å². The van der Waals surface area contributed by atoms with E-state index in [-0.39, 0.29) is 24.3 Å². The number of ether oxygens (including phenoxy) is 1.